The van der Waals surface area contributed by atoms with Crippen molar-refractivity contribution in [3.8, 4) is 11.5 Å². The van der Waals surface area contributed by atoms with Gasteiger partial charge in [0.2, 0.25) is 0 Å². The molecule has 0 heterocycles. The number of carbonyl (C=O) groups excluding carboxylic acids is 1. The molecule has 0 saturated carbocycles. The molecule has 2 aromatic carbocycles. The van der Waals surface area contributed by atoms with Gasteiger partial charge in [-0.05, 0) is 61.6 Å². The largest absolute Gasteiger partial charge is 0.495 e. The third kappa shape index (κ3) is 4.75. The van der Waals surface area contributed by atoms with E-state index in [9.17, 15) is 4.79 Å². The van der Waals surface area contributed by atoms with Gasteiger partial charge in [-0.2, -0.15) is 0 Å². The first kappa shape index (κ1) is 18.8. The van der Waals surface area contributed by atoms with Crippen LogP contribution in [0.2, 0.25) is 0 Å². The first-order chi connectivity index (χ1) is 11.8. The number of aryl methyl sites for hydroxylation is 2. The predicted octanol–water partition coefficient (Wildman–Crippen LogP) is 4.84. The number of ether oxygens (including phenoxy) is 2. The second kappa shape index (κ2) is 8.06. The molecule has 0 aliphatic carbocycles. The topological polar surface area (TPSA) is 47.6 Å². The minimum atomic E-state index is -0.621. The van der Waals surface area contributed by atoms with Gasteiger partial charge in [0, 0.05) is 0 Å². The molecule has 25 heavy (non-hydrogen) atoms. The fourth-order valence-electron chi connectivity index (χ4n) is 2.62. The van der Waals surface area contributed by atoms with Crippen molar-refractivity contribution in [2.24, 2.45) is 0 Å². The lowest BCUT2D eigenvalue weighted by atomic mass is 10.0. The normalized spacial score (nSPS) is 12.0. The Morgan fingerprint density at radius 2 is 1.60 bits per heavy atom. The minimum absolute atomic E-state index is 0.208. The average Bonchev–Trinajstić information content (AvgIpc) is 2.54. The maximum atomic E-state index is 12.6. The van der Waals surface area contributed by atoms with Crippen LogP contribution in [-0.2, 0) is 4.79 Å². The van der Waals surface area contributed by atoms with E-state index >= 15 is 0 Å². The molecule has 4 nitrogen and oxygen atoms in total. The number of benzene rings is 2. The third-order valence-electron chi connectivity index (χ3n) is 4.08. The van der Waals surface area contributed by atoms with E-state index < -0.39 is 6.10 Å². The Kier molecular flexibility index (Phi) is 6.07. The monoisotopic (exact) mass is 341 g/mol. The van der Waals surface area contributed by atoms with Gasteiger partial charge in [-0.15, -0.1) is 0 Å². The van der Waals surface area contributed by atoms with E-state index in [2.05, 4.69) is 31.3 Å². The lowest BCUT2D eigenvalue weighted by Gasteiger charge is -2.20. The summed E-state index contributed by atoms with van der Waals surface area (Å²) in [4.78, 5) is 12.6. The van der Waals surface area contributed by atoms with Gasteiger partial charge in [-0.3, -0.25) is 4.79 Å². The molecule has 0 aliphatic heterocycles. The third-order valence-corrected chi connectivity index (χ3v) is 4.08. The quantitative estimate of drug-likeness (QED) is 0.818. The van der Waals surface area contributed by atoms with Crippen LogP contribution in [0.3, 0.4) is 0 Å². The highest BCUT2D eigenvalue weighted by molar-refractivity contribution is 5.95. The Balaban J connectivity index is 2.16. The van der Waals surface area contributed by atoms with E-state index in [-0.39, 0.29) is 5.91 Å². The van der Waals surface area contributed by atoms with E-state index in [4.69, 9.17) is 9.47 Å². The van der Waals surface area contributed by atoms with Gasteiger partial charge in [-0.25, -0.2) is 0 Å². The van der Waals surface area contributed by atoms with Crippen molar-refractivity contribution in [2.75, 3.05) is 12.4 Å². The van der Waals surface area contributed by atoms with Crippen LogP contribution < -0.4 is 14.8 Å². The molecule has 2 aromatic rings. The van der Waals surface area contributed by atoms with Gasteiger partial charge < -0.3 is 14.8 Å². The van der Waals surface area contributed by atoms with Crippen molar-refractivity contribution in [1.82, 2.24) is 0 Å². The van der Waals surface area contributed by atoms with Crippen LogP contribution in [0.4, 0.5) is 5.69 Å². The van der Waals surface area contributed by atoms with Gasteiger partial charge in [0.15, 0.2) is 6.10 Å². The van der Waals surface area contributed by atoms with Crippen LogP contribution >= 0.6 is 0 Å². The molecule has 1 N–H and O–H groups in total. The summed E-state index contributed by atoms with van der Waals surface area (Å²) in [6.45, 7) is 9.96. The summed E-state index contributed by atoms with van der Waals surface area (Å²) in [5, 5.41) is 2.90. The lowest BCUT2D eigenvalue weighted by molar-refractivity contribution is -0.122. The molecule has 0 radical (unpaired) electrons. The van der Waals surface area contributed by atoms with Crippen molar-refractivity contribution in [2.45, 2.75) is 46.6 Å². The van der Waals surface area contributed by atoms with Gasteiger partial charge in [0.25, 0.3) is 5.91 Å². The van der Waals surface area contributed by atoms with Crippen molar-refractivity contribution >= 4 is 11.6 Å². The molecule has 0 aromatic heterocycles. The number of carbonyl (C=O) groups is 1. The van der Waals surface area contributed by atoms with Crippen LogP contribution in [0.25, 0.3) is 0 Å². The zero-order valence-corrected chi connectivity index (χ0v) is 15.8. The van der Waals surface area contributed by atoms with Crippen molar-refractivity contribution in [1.29, 1.82) is 0 Å². The maximum Gasteiger partial charge on any atom is 0.265 e. The molecule has 0 aliphatic rings. The van der Waals surface area contributed by atoms with E-state index in [0.717, 1.165) is 22.4 Å². The number of hydrogen-bond donors (Lipinski definition) is 1. The molecule has 4 heteroatoms. The Bertz CT molecular complexity index is 753. The van der Waals surface area contributed by atoms with Crippen LogP contribution in [0.5, 0.6) is 11.5 Å². The highest BCUT2D eigenvalue weighted by atomic mass is 16.5. The van der Waals surface area contributed by atoms with Crippen molar-refractivity contribution < 1.29 is 14.3 Å². The smallest absolute Gasteiger partial charge is 0.265 e. The Labute approximate surface area is 150 Å². The first-order valence-corrected chi connectivity index (χ1v) is 8.54. The molecule has 0 saturated heterocycles. The Morgan fingerprint density at radius 3 is 2.24 bits per heavy atom. The predicted molar refractivity (Wildman–Crippen MR) is 102 cm³/mol. The molecule has 1 amide bonds. The number of anilines is 1. The fraction of sp³-hybridized carbons (Fsp3) is 0.381. The SMILES string of the molecule is COc1ccc(C)cc1NC(=O)C(C)Oc1cc(C)ccc1C(C)C. The first-order valence-electron chi connectivity index (χ1n) is 8.54. The highest BCUT2D eigenvalue weighted by Gasteiger charge is 2.19. The fourth-order valence-corrected chi connectivity index (χ4v) is 2.62. The number of methoxy groups -OCH3 is 1. The van der Waals surface area contributed by atoms with Crippen LogP contribution in [0.15, 0.2) is 36.4 Å². The second-order valence-electron chi connectivity index (χ2n) is 6.65. The second-order valence-corrected chi connectivity index (χ2v) is 6.65. The highest BCUT2D eigenvalue weighted by Crippen LogP contribution is 2.29. The molecule has 0 spiro atoms. The van der Waals surface area contributed by atoms with E-state index in [1.54, 1.807) is 14.0 Å². The molecule has 0 bridgehead atoms. The van der Waals surface area contributed by atoms with Gasteiger partial charge in [0.1, 0.15) is 11.5 Å². The molecule has 1 atom stereocenters. The van der Waals surface area contributed by atoms with Crippen molar-refractivity contribution in [3.05, 3.63) is 53.1 Å². The maximum absolute atomic E-state index is 12.6. The zero-order valence-electron chi connectivity index (χ0n) is 15.8. The van der Waals surface area contributed by atoms with Crippen LogP contribution in [-0.4, -0.2) is 19.1 Å². The van der Waals surface area contributed by atoms with E-state index in [1.165, 1.54) is 0 Å². The molecular weight excluding hydrogens is 314 g/mol. The van der Waals surface area contributed by atoms with Crippen molar-refractivity contribution in [3.63, 3.8) is 0 Å². The zero-order chi connectivity index (χ0) is 18.6. The van der Waals surface area contributed by atoms with Crippen LogP contribution in [0.1, 0.15) is 43.4 Å². The average molecular weight is 341 g/mol. The number of amides is 1. The molecule has 2 rings (SSSR count). The van der Waals surface area contributed by atoms with E-state index in [0.29, 0.717) is 17.4 Å². The van der Waals surface area contributed by atoms with Gasteiger partial charge >= 0.3 is 0 Å². The number of rotatable bonds is 6. The molecule has 1 unspecified atom stereocenters. The standard InChI is InChI=1S/C21H27NO3/c1-13(2)17-9-7-15(4)12-20(17)25-16(5)21(23)22-18-11-14(3)8-10-19(18)24-6/h7-13,16H,1-6H3,(H,22,23). The molecule has 134 valence electrons. The number of nitrogens with one attached hydrogen (secondary N) is 1. The summed E-state index contributed by atoms with van der Waals surface area (Å²) in [6, 6.07) is 11.8. The minimum Gasteiger partial charge on any atom is -0.495 e. The van der Waals surface area contributed by atoms with Gasteiger partial charge in [-0.1, -0.05) is 32.0 Å². The molecular formula is C21H27NO3. The number of hydrogen-bond acceptors (Lipinski definition) is 3. The summed E-state index contributed by atoms with van der Waals surface area (Å²) in [6.07, 6.45) is -0.621. The lowest BCUT2D eigenvalue weighted by Crippen LogP contribution is -2.30. The summed E-state index contributed by atoms with van der Waals surface area (Å²) in [7, 11) is 1.59. The summed E-state index contributed by atoms with van der Waals surface area (Å²) in [5.74, 6) is 1.50. The molecule has 0 fully saturated rings. The Hall–Kier alpha value is -2.49. The summed E-state index contributed by atoms with van der Waals surface area (Å²) in [5.41, 5.74) is 3.90. The Morgan fingerprint density at radius 1 is 0.960 bits per heavy atom. The van der Waals surface area contributed by atoms with E-state index in [1.807, 2.05) is 38.1 Å². The summed E-state index contributed by atoms with van der Waals surface area (Å²) >= 11 is 0. The summed E-state index contributed by atoms with van der Waals surface area (Å²) < 4.78 is 11.3. The van der Waals surface area contributed by atoms with Crippen LogP contribution in [0, 0.1) is 13.8 Å². The van der Waals surface area contributed by atoms with Gasteiger partial charge in [0.05, 0.1) is 12.8 Å².